The van der Waals surface area contributed by atoms with Gasteiger partial charge in [-0.2, -0.15) is 0 Å². The SMILES string of the molecule is COCc1cc(OC)c(Cl)cc1C(CN)C(=O)O. The standard InChI is InChI=1S/C12H16ClNO4/c1-17-6-7-3-11(18-2)10(13)4-8(7)9(5-14)12(15)16/h3-4,9H,5-6,14H2,1-2H3,(H,15,16). The van der Waals surface area contributed by atoms with E-state index >= 15 is 0 Å². The lowest BCUT2D eigenvalue weighted by Crippen LogP contribution is -2.22. The Labute approximate surface area is 110 Å². The molecule has 1 atom stereocenters. The number of hydrogen-bond donors (Lipinski definition) is 2. The summed E-state index contributed by atoms with van der Waals surface area (Å²) >= 11 is 6.01. The predicted octanol–water partition coefficient (Wildman–Crippen LogP) is 1.62. The molecule has 0 bridgehead atoms. The van der Waals surface area contributed by atoms with Crippen LogP contribution in [0.1, 0.15) is 17.0 Å². The second kappa shape index (κ2) is 6.58. The number of carbonyl (C=O) groups is 1. The van der Waals surface area contributed by atoms with Crippen LogP contribution >= 0.6 is 11.6 Å². The molecule has 0 saturated carbocycles. The Morgan fingerprint density at radius 2 is 2.17 bits per heavy atom. The largest absolute Gasteiger partial charge is 0.495 e. The fraction of sp³-hybridized carbons (Fsp3) is 0.417. The normalized spacial score (nSPS) is 12.2. The summed E-state index contributed by atoms with van der Waals surface area (Å²) in [6.45, 7) is 0.265. The van der Waals surface area contributed by atoms with E-state index in [-0.39, 0.29) is 13.2 Å². The highest BCUT2D eigenvalue weighted by atomic mass is 35.5. The van der Waals surface area contributed by atoms with E-state index in [2.05, 4.69) is 0 Å². The van der Waals surface area contributed by atoms with Crippen molar-refractivity contribution in [1.29, 1.82) is 0 Å². The first-order valence-electron chi connectivity index (χ1n) is 5.33. The van der Waals surface area contributed by atoms with E-state index in [1.54, 1.807) is 12.1 Å². The van der Waals surface area contributed by atoms with Crippen molar-refractivity contribution in [2.75, 3.05) is 20.8 Å². The van der Waals surface area contributed by atoms with Crippen LogP contribution in [-0.4, -0.2) is 31.8 Å². The van der Waals surface area contributed by atoms with Gasteiger partial charge in [-0.25, -0.2) is 0 Å². The van der Waals surface area contributed by atoms with Crippen molar-refractivity contribution < 1.29 is 19.4 Å². The Kier molecular flexibility index (Phi) is 5.40. The van der Waals surface area contributed by atoms with E-state index in [0.29, 0.717) is 21.9 Å². The zero-order valence-electron chi connectivity index (χ0n) is 10.3. The minimum atomic E-state index is -0.990. The number of aliphatic carboxylic acids is 1. The van der Waals surface area contributed by atoms with Crippen LogP contribution in [0.4, 0.5) is 0 Å². The average molecular weight is 274 g/mol. The number of nitrogens with two attached hydrogens (primary N) is 1. The number of carboxylic acid groups (broad SMARTS) is 1. The van der Waals surface area contributed by atoms with Gasteiger partial charge in [0.1, 0.15) is 5.75 Å². The lowest BCUT2D eigenvalue weighted by molar-refractivity contribution is -0.138. The molecule has 1 unspecified atom stereocenters. The number of methoxy groups -OCH3 is 2. The number of hydrogen-bond acceptors (Lipinski definition) is 4. The van der Waals surface area contributed by atoms with Crippen LogP contribution in [0.15, 0.2) is 12.1 Å². The molecule has 0 spiro atoms. The molecule has 100 valence electrons. The van der Waals surface area contributed by atoms with Gasteiger partial charge in [-0.05, 0) is 23.3 Å². The predicted molar refractivity (Wildman–Crippen MR) is 68.1 cm³/mol. The summed E-state index contributed by atoms with van der Waals surface area (Å²) in [6.07, 6.45) is 0. The fourth-order valence-corrected chi connectivity index (χ4v) is 1.98. The van der Waals surface area contributed by atoms with Gasteiger partial charge in [0.2, 0.25) is 0 Å². The Balaban J connectivity index is 3.31. The zero-order chi connectivity index (χ0) is 13.7. The van der Waals surface area contributed by atoms with Crippen molar-refractivity contribution in [3.05, 3.63) is 28.3 Å². The van der Waals surface area contributed by atoms with E-state index < -0.39 is 11.9 Å². The van der Waals surface area contributed by atoms with Gasteiger partial charge in [-0.3, -0.25) is 4.79 Å². The summed E-state index contributed by atoms with van der Waals surface area (Å²) in [5.41, 5.74) is 6.75. The molecule has 0 heterocycles. The van der Waals surface area contributed by atoms with Gasteiger partial charge in [0.15, 0.2) is 0 Å². The maximum absolute atomic E-state index is 11.2. The molecule has 1 aromatic rings. The maximum Gasteiger partial charge on any atom is 0.312 e. The highest BCUT2D eigenvalue weighted by Crippen LogP contribution is 2.32. The molecule has 0 saturated heterocycles. The third kappa shape index (κ3) is 3.13. The van der Waals surface area contributed by atoms with Crippen molar-refractivity contribution in [3.8, 4) is 5.75 Å². The summed E-state index contributed by atoms with van der Waals surface area (Å²) in [6, 6.07) is 3.24. The van der Waals surface area contributed by atoms with E-state index in [0.717, 1.165) is 0 Å². The summed E-state index contributed by atoms with van der Waals surface area (Å²) in [7, 11) is 3.03. The lowest BCUT2D eigenvalue weighted by atomic mass is 9.94. The van der Waals surface area contributed by atoms with Crippen LogP contribution in [0.2, 0.25) is 5.02 Å². The summed E-state index contributed by atoms with van der Waals surface area (Å²) in [5, 5.41) is 9.50. The van der Waals surface area contributed by atoms with Crippen LogP contribution < -0.4 is 10.5 Å². The monoisotopic (exact) mass is 273 g/mol. The average Bonchev–Trinajstić information content (AvgIpc) is 2.32. The summed E-state index contributed by atoms with van der Waals surface area (Å²) in [4.78, 5) is 11.2. The first kappa shape index (κ1) is 14.8. The van der Waals surface area contributed by atoms with Crippen molar-refractivity contribution in [2.24, 2.45) is 5.73 Å². The molecular weight excluding hydrogens is 258 g/mol. The van der Waals surface area contributed by atoms with Crippen LogP contribution in [0, 0.1) is 0 Å². The lowest BCUT2D eigenvalue weighted by Gasteiger charge is -2.17. The molecule has 0 aliphatic carbocycles. The van der Waals surface area contributed by atoms with E-state index in [1.807, 2.05) is 0 Å². The highest BCUT2D eigenvalue weighted by Gasteiger charge is 2.22. The molecule has 18 heavy (non-hydrogen) atoms. The van der Waals surface area contributed by atoms with E-state index in [9.17, 15) is 4.79 Å². The van der Waals surface area contributed by atoms with Crippen LogP contribution in [0.3, 0.4) is 0 Å². The summed E-state index contributed by atoms with van der Waals surface area (Å²) in [5.74, 6) is -1.32. The molecule has 0 fully saturated rings. The number of rotatable bonds is 6. The zero-order valence-corrected chi connectivity index (χ0v) is 11.0. The molecule has 0 aliphatic heterocycles. The molecule has 5 nitrogen and oxygen atoms in total. The van der Waals surface area contributed by atoms with Crippen molar-refractivity contribution >= 4 is 17.6 Å². The van der Waals surface area contributed by atoms with E-state index in [4.69, 9.17) is 31.9 Å². The first-order valence-corrected chi connectivity index (χ1v) is 5.71. The van der Waals surface area contributed by atoms with Gasteiger partial charge in [-0.1, -0.05) is 11.6 Å². The van der Waals surface area contributed by atoms with Crippen molar-refractivity contribution in [2.45, 2.75) is 12.5 Å². The molecule has 1 rings (SSSR count). The Morgan fingerprint density at radius 1 is 1.50 bits per heavy atom. The molecule has 6 heteroatoms. The van der Waals surface area contributed by atoms with Crippen molar-refractivity contribution in [3.63, 3.8) is 0 Å². The minimum absolute atomic E-state index is 0.00525. The molecule has 0 radical (unpaired) electrons. The Hall–Kier alpha value is -1.30. The van der Waals surface area contributed by atoms with Gasteiger partial charge in [-0.15, -0.1) is 0 Å². The Morgan fingerprint density at radius 3 is 2.61 bits per heavy atom. The quantitative estimate of drug-likeness (QED) is 0.823. The maximum atomic E-state index is 11.2. The number of carboxylic acids is 1. The van der Waals surface area contributed by atoms with Crippen LogP contribution in [0.5, 0.6) is 5.75 Å². The minimum Gasteiger partial charge on any atom is -0.495 e. The number of ether oxygens (including phenoxy) is 2. The molecule has 3 N–H and O–H groups in total. The highest BCUT2D eigenvalue weighted by molar-refractivity contribution is 6.32. The second-order valence-electron chi connectivity index (χ2n) is 3.75. The topological polar surface area (TPSA) is 81.8 Å². The van der Waals surface area contributed by atoms with Gasteiger partial charge < -0.3 is 20.3 Å². The van der Waals surface area contributed by atoms with Crippen LogP contribution in [0.25, 0.3) is 0 Å². The molecule has 0 amide bonds. The number of halogens is 1. The number of benzene rings is 1. The van der Waals surface area contributed by atoms with Crippen LogP contribution in [-0.2, 0) is 16.1 Å². The van der Waals surface area contributed by atoms with Gasteiger partial charge in [0.25, 0.3) is 0 Å². The van der Waals surface area contributed by atoms with Gasteiger partial charge in [0, 0.05) is 13.7 Å². The van der Waals surface area contributed by atoms with Gasteiger partial charge >= 0.3 is 5.97 Å². The molecule has 0 aromatic heterocycles. The second-order valence-corrected chi connectivity index (χ2v) is 4.15. The molecular formula is C12H16ClNO4. The van der Waals surface area contributed by atoms with Crippen molar-refractivity contribution in [1.82, 2.24) is 0 Å². The van der Waals surface area contributed by atoms with E-state index in [1.165, 1.54) is 14.2 Å². The third-order valence-corrected chi connectivity index (χ3v) is 2.92. The molecule has 0 aliphatic rings. The molecule has 1 aromatic carbocycles. The first-order chi connectivity index (χ1) is 8.54. The summed E-state index contributed by atoms with van der Waals surface area (Å²) < 4.78 is 10.1. The Bertz CT molecular complexity index is 436. The smallest absolute Gasteiger partial charge is 0.312 e. The third-order valence-electron chi connectivity index (χ3n) is 2.62. The fourth-order valence-electron chi connectivity index (χ4n) is 1.73. The van der Waals surface area contributed by atoms with Gasteiger partial charge in [0.05, 0.1) is 24.7 Å².